The first-order chi connectivity index (χ1) is 29.6. The third-order valence-corrected chi connectivity index (χ3v) is 10.7. The lowest BCUT2D eigenvalue weighted by Gasteiger charge is -2.15. The summed E-state index contributed by atoms with van der Waals surface area (Å²) in [5, 5.41) is 25.9. The fraction of sp³-hybridized carbons (Fsp3) is 0.143. The Labute approximate surface area is 384 Å². The molecule has 0 heterocycles. The Hall–Kier alpha value is -5.74. The zero-order valence-corrected chi connectivity index (χ0v) is 36.8. The standard InChI is InChI=1S/C42H32Cl6N8O6/c1-21(57)37(55-53-33-17-25(7-13-29(33)45)39(59)49-27-9-3-23(19-43)4-10-27)41(61)51-31-15-16-32(36(48)35(31)47)52-42(62)38(22(2)58)56-54-34-18-26(8-14-30(34)46)40(60)50-28-11-5-24(20-44)6-12-28/h3-18,37-38H,19-20H2,1-2H3,(H,49,59)(H,50,60)(H,51,61)(H,52,62). The summed E-state index contributed by atoms with van der Waals surface area (Å²) in [5.41, 5.74) is 3.00. The Balaban J connectivity index is 1.25. The van der Waals surface area contributed by atoms with Crippen molar-refractivity contribution in [3.8, 4) is 0 Å². The number of ketones is 2. The van der Waals surface area contributed by atoms with Crippen LogP contribution in [0.5, 0.6) is 0 Å². The molecule has 62 heavy (non-hydrogen) atoms. The average Bonchev–Trinajstić information content (AvgIpc) is 3.25. The Morgan fingerprint density at radius 1 is 0.500 bits per heavy atom. The van der Waals surface area contributed by atoms with Gasteiger partial charge in [-0.3, -0.25) is 28.8 Å². The number of Topliss-reactive ketones (excluding diaryl/α,β-unsaturated/α-hetero) is 2. The maximum absolute atomic E-state index is 13.3. The van der Waals surface area contributed by atoms with E-state index in [2.05, 4.69) is 41.7 Å². The van der Waals surface area contributed by atoms with Gasteiger partial charge in [0, 0.05) is 34.3 Å². The molecule has 0 aliphatic rings. The molecule has 0 radical (unpaired) electrons. The molecule has 0 fully saturated rings. The van der Waals surface area contributed by atoms with Gasteiger partial charge in [0.25, 0.3) is 23.6 Å². The van der Waals surface area contributed by atoms with Crippen molar-refractivity contribution >= 4 is 139 Å². The van der Waals surface area contributed by atoms with Crippen molar-refractivity contribution in [1.82, 2.24) is 0 Å². The van der Waals surface area contributed by atoms with Crippen molar-refractivity contribution in [2.24, 2.45) is 20.5 Å². The molecule has 0 aromatic heterocycles. The summed E-state index contributed by atoms with van der Waals surface area (Å²) in [4.78, 5) is 77.5. The number of carbonyl (C=O) groups excluding carboxylic acids is 6. The lowest BCUT2D eigenvalue weighted by Crippen LogP contribution is -2.32. The number of carbonyl (C=O) groups is 6. The van der Waals surface area contributed by atoms with Crippen LogP contribution < -0.4 is 21.3 Å². The number of nitrogens with one attached hydrogen (secondary N) is 4. The number of alkyl halides is 2. The molecule has 4 N–H and O–H groups in total. The number of halogens is 6. The number of amides is 4. The summed E-state index contributed by atoms with van der Waals surface area (Å²) in [6, 6.07) is 21.5. The van der Waals surface area contributed by atoms with Crippen LogP contribution in [0.3, 0.4) is 0 Å². The molecule has 20 heteroatoms. The van der Waals surface area contributed by atoms with Gasteiger partial charge in [0.05, 0.1) is 31.5 Å². The highest BCUT2D eigenvalue weighted by molar-refractivity contribution is 6.46. The predicted molar refractivity (Wildman–Crippen MR) is 242 cm³/mol. The minimum atomic E-state index is -1.68. The van der Waals surface area contributed by atoms with Crippen molar-refractivity contribution in [3.05, 3.63) is 139 Å². The van der Waals surface area contributed by atoms with E-state index in [9.17, 15) is 28.8 Å². The molecule has 318 valence electrons. The third kappa shape index (κ3) is 12.4. The van der Waals surface area contributed by atoms with Gasteiger partial charge < -0.3 is 21.3 Å². The van der Waals surface area contributed by atoms with Gasteiger partial charge in [0.2, 0.25) is 12.1 Å². The Morgan fingerprint density at radius 2 is 0.855 bits per heavy atom. The number of anilines is 4. The van der Waals surface area contributed by atoms with E-state index < -0.39 is 47.3 Å². The van der Waals surface area contributed by atoms with E-state index in [1.54, 1.807) is 48.5 Å². The number of hydrogen-bond donors (Lipinski definition) is 4. The van der Waals surface area contributed by atoms with Crippen molar-refractivity contribution < 1.29 is 28.8 Å². The zero-order valence-electron chi connectivity index (χ0n) is 32.3. The van der Waals surface area contributed by atoms with E-state index in [0.717, 1.165) is 25.0 Å². The topological polar surface area (TPSA) is 200 Å². The second-order valence-electron chi connectivity index (χ2n) is 13.1. The molecular weight excluding hydrogens is 925 g/mol. The van der Waals surface area contributed by atoms with Crippen molar-refractivity contribution in [3.63, 3.8) is 0 Å². The minimum absolute atomic E-state index is 0.00490. The average molecular weight is 957 g/mol. The first kappa shape index (κ1) is 47.3. The van der Waals surface area contributed by atoms with Gasteiger partial charge in [-0.25, -0.2) is 0 Å². The molecule has 5 aromatic carbocycles. The van der Waals surface area contributed by atoms with Gasteiger partial charge in [-0.2, -0.15) is 20.5 Å². The van der Waals surface area contributed by atoms with Crippen LogP contribution >= 0.6 is 69.6 Å². The molecule has 2 atom stereocenters. The fourth-order valence-corrected chi connectivity index (χ4v) is 6.33. The first-order valence-corrected chi connectivity index (χ1v) is 20.6. The maximum Gasteiger partial charge on any atom is 0.258 e. The smallest absolute Gasteiger partial charge is 0.258 e. The highest BCUT2D eigenvalue weighted by atomic mass is 35.5. The number of hydrogen-bond acceptors (Lipinski definition) is 10. The molecule has 4 amide bonds. The van der Waals surface area contributed by atoms with Crippen LogP contribution in [0.15, 0.2) is 118 Å². The summed E-state index contributed by atoms with van der Waals surface area (Å²) in [7, 11) is 0. The number of benzene rings is 5. The van der Waals surface area contributed by atoms with E-state index in [4.69, 9.17) is 69.6 Å². The summed E-state index contributed by atoms with van der Waals surface area (Å²) in [5.74, 6) is -3.61. The molecular formula is C42H32Cl6N8O6. The normalized spacial score (nSPS) is 12.1. The SMILES string of the molecule is CC(=O)C(N=Nc1cc(C(=O)Nc2ccc(CCl)cc2)ccc1Cl)C(=O)Nc1ccc(NC(=O)C(N=Nc2cc(C(=O)Nc3ccc(CCl)cc3)ccc2Cl)C(C)=O)c(Cl)c1Cl. The molecule has 2 unspecified atom stereocenters. The van der Waals surface area contributed by atoms with E-state index in [1.807, 2.05) is 0 Å². The van der Waals surface area contributed by atoms with Gasteiger partial charge in [-0.15, -0.1) is 23.2 Å². The largest absolute Gasteiger partial charge is 0.322 e. The van der Waals surface area contributed by atoms with Crippen LogP contribution in [0.2, 0.25) is 20.1 Å². The Morgan fingerprint density at radius 3 is 1.18 bits per heavy atom. The van der Waals surface area contributed by atoms with Gasteiger partial charge in [-0.1, -0.05) is 70.7 Å². The molecule has 5 rings (SSSR count). The first-order valence-electron chi connectivity index (χ1n) is 18.0. The molecule has 0 aliphatic heterocycles. The Kier molecular flexibility index (Phi) is 16.7. The number of nitrogens with zero attached hydrogens (tertiary/aromatic N) is 4. The molecule has 0 saturated heterocycles. The molecule has 14 nitrogen and oxygen atoms in total. The fourth-order valence-electron chi connectivity index (χ4n) is 5.24. The van der Waals surface area contributed by atoms with Gasteiger partial charge >= 0.3 is 0 Å². The Bertz CT molecular complexity index is 2430. The van der Waals surface area contributed by atoms with E-state index in [-0.39, 0.29) is 54.0 Å². The van der Waals surface area contributed by atoms with Crippen LogP contribution in [0.25, 0.3) is 0 Å². The number of rotatable bonds is 16. The summed E-state index contributed by atoms with van der Waals surface area (Å²) >= 11 is 37.2. The lowest BCUT2D eigenvalue weighted by molar-refractivity contribution is -0.127. The lowest BCUT2D eigenvalue weighted by atomic mass is 10.1. The second kappa shape index (κ2) is 21.9. The second-order valence-corrected chi connectivity index (χ2v) is 15.2. The van der Waals surface area contributed by atoms with Gasteiger partial charge in [-0.05, 0) is 97.8 Å². The summed E-state index contributed by atoms with van der Waals surface area (Å²) < 4.78 is 0. The molecule has 0 aliphatic carbocycles. The highest BCUT2D eigenvalue weighted by Gasteiger charge is 2.27. The van der Waals surface area contributed by atoms with Crippen LogP contribution in [0, 0.1) is 0 Å². The van der Waals surface area contributed by atoms with Gasteiger partial charge in [0.15, 0.2) is 11.6 Å². The predicted octanol–water partition coefficient (Wildman–Crippen LogP) is 11.6. The highest BCUT2D eigenvalue weighted by Crippen LogP contribution is 2.37. The van der Waals surface area contributed by atoms with E-state index in [1.165, 1.54) is 48.5 Å². The van der Waals surface area contributed by atoms with Crippen molar-refractivity contribution in [2.45, 2.75) is 37.7 Å². The van der Waals surface area contributed by atoms with E-state index >= 15 is 0 Å². The molecule has 0 saturated carbocycles. The third-order valence-electron chi connectivity index (χ3n) is 8.58. The van der Waals surface area contributed by atoms with E-state index in [0.29, 0.717) is 23.1 Å². The number of azo groups is 2. The van der Waals surface area contributed by atoms with Gasteiger partial charge in [0.1, 0.15) is 11.4 Å². The minimum Gasteiger partial charge on any atom is -0.322 e. The monoisotopic (exact) mass is 954 g/mol. The molecule has 0 bridgehead atoms. The summed E-state index contributed by atoms with van der Waals surface area (Å²) in [6.45, 7) is 2.23. The van der Waals surface area contributed by atoms with Crippen LogP contribution in [-0.4, -0.2) is 47.3 Å². The summed E-state index contributed by atoms with van der Waals surface area (Å²) in [6.07, 6.45) is 0. The van der Waals surface area contributed by atoms with Crippen LogP contribution in [-0.2, 0) is 30.9 Å². The zero-order chi connectivity index (χ0) is 45.1. The van der Waals surface area contributed by atoms with Crippen LogP contribution in [0.1, 0.15) is 45.7 Å². The van der Waals surface area contributed by atoms with Crippen molar-refractivity contribution in [2.75, 3.05) is 21.3 Å². The quantitative estimate of drug-likeness (QED) is 0.0431. The van der Waals surface area contributed by atoms with Crippen molar-refractivity contribution in [1.29, 1.82) is 0 Å². The van der Waals surface area contributed by atoms with Crippen LogP contribution in [0.4, 0.5) is 34.1 Å². The maximum atomic E-state index is 13.3. The molecule has 5 aromatic rings. The molecule has 0 spiro atoms.